The first-order valence-corrected chi connectivity index (χ1v) is 6.44. The topological polar surface area (TPSA) is 63.4 Å². The smallest absolute Gasteiger partial charge is 0.261 e. The number of amides is 2. The molecule has 0 aliphatic carbocycles. The highest BCUT2D eigenvalue weighted by atomic mass is 35.5. The first kappa shape index (κ1) is 12.7. The highest BCUT2D eigenvalue weighted by Gasteiger charge is 2.35. The Labute approximate surface area is 120 Å². The molecule has 5 heteroatoms. The van der Waals surface area contributed by atoms with E-state index in [1.54, 1.807) is 36.4 Å². The number of fused-ring (bicyclic) bond motifs is 1. The van der Waals surface area contributed by atoms with Gasteiger partial charge in [-0.1, -0.05) is 23.7 Å². The standard InChI is InChI=1S/C15H11ClN2O2/c16-10-3-1-9(2-4-10)8-18-14(19)12-6-5-11(17)7-13(12)15(18)20/h1-7H,8,17H2. The molecule has 0 fully saturated rings. The van der Waals surface area contributed by atoms with Crippen LogP contribution in [0.3, 0.4) is 0 Å². The Hall–Kier alpha value is -2.33. The van der Waals surface area contributed by atoms with Gasteiger partial charge in [-0.2, -0.15) is 0 Å². The lowest BCUT2D eigenvalue weighted by Crippen LogP contribution is -2.29. The zero-order valence-corrected chi connectivity index (χ0v) is 11.2. The van der Waals surface area contributed by atoms with Crippen LogP contribution in [0.15, 0.2) is 42.5 Å². The quantitative estimate of drug-likeness (QED) is 0.682. The number of anilines is 1. The minimum absolute atomic E-state index is 0.226. The third kappa shape index (κ3) is 2.04. The van der Waals surface area contributed by atoms with Crippen LogP contribution in [0.25, 0.3) is 0 Å². The molecule has 0 saturated carbocycles. The fraction of sp³-hybridized carbons (Fsp3) is 0.0667. The molecule has 100 valence electrons. The number of carbonyl (C=O) groups excluding carboxylic acids is 2. The highest BCUT2D eigenvalue weighted by Crippen LogP contribution is 2.26. The van der Waals surface area contributed by atoms with Crippen molar-refractivity contribution in [2.24, 2.45) is 0 Å². The van der Waals surface area contributed by atoms with Gasteiger partial charge < -0.3 is 5.73 Å². The highest BCUT2D eigenvalue weighted by molar-refractivity contribution is 6.30. The molecule has 0 radical (unpaired) electrons. The minimum Gasteiger partial charge on any atom is -0.399 e. The number of carbonyl (C=O) groups is 2. The molecule has 0 atom stereocenters. The van der Waals surface area contributed by atoms with E-state index in [0.29, 0.717) is 21.8 Å². The average molecular weight is 287 g/mol. The molecule has 0 saturated heterocycles. The maximum Gasteiger partial charge on any atom is 0.261 e. The second-order valence-electron chi connectivity index (χ2n) is 4.63. The number of nitrogens with zero attached hydrogens (tertiary/aromatic N) is 1. The molecule has 0 spiro atoms. The first-order chi connectivity index (χ1) is 9.56. The largest absolute Gasteiger partial charge is 0.399 e. The van der Waals surface area contributed by atoms with Crippen LogP contribution < -0.4 is 5.73 Å². The van der Waals surface area contributed by atoms with E-state index in [1.165, 1.54) is 11.0 Å². The molecule has 20 heavy (non-hydrogen) atoms. The van der Waals surface area contributed by atoms with Gasteiger partial charge in [-0.3, -0.25) is 14.5 Å². The molecular formula is C15H11ClN2O2. The predicted molar refractivity (Wildman–Crippen MR) is 76.5 cm³/mol. The zero-order valence-electron chi connectivity index (χ0n) is 10.5. The Morgan fingerprint density at radius 3 is 2.30 bits per heavy atom. The van der Waals surface area contributed by atoms with E-state index in [9.17, 15) is 9.59 Å². The fourth-order valence-electron chi connectivity index (χ4n) is 2.22. The molecule has 2 N–H and O–H groups in total. The number of benzene rings is 2. The summed E-state index contributed by atoms with van der Waals surface area (Å²) in [5.74, 6) is -0.604. The van der Waals surface area contributed by atoms with Crippen molar-refractivity contribution >= 4 is 29.1 Å². The summed E-state index contributed by atoms with van der Waals surface area (Å²) in [6, 6.07) is 11.8. The Kier molecular flexibility index (Phi) is 2.95. The number of hydrogen-bond donors (Lipinski definition) is 1. The van der Waals surface area contributed by atoms with Crippen molar-refractivity contribution < 1.29 is 9.59 Å². The predicted octanol–water partition coefficient (Wildman–Crippen LogP) is 2.72. The molecule has 1 heterocycles. The molecule has 0 aromatic heterocycles. The van der Waals surface area contributed by atoms with Crippen LogP contribution in [0.1, 0.15) is 26.3 Å². The van der Waals surface area contributed by atoms with E-state index < -0.39 is 0 Å². The molecule has 2 aromatic rings. The van der Waals surface area contributed by atoms with Crippen LogP contribution in [-0.2, 0) is 6.54 Å². The van der Waals surface area contributed by atoms with Gasteiger partial charge in [-0.25, -0.2) is 0 Å². The van der Waals surface area contributed by atoms with Gasteiger partial charge in [0.25, 0.3) is 11.8 Å². The zero-order chi connectivity index (χ0) is 14.3. The number of imide groups is 1. The van der Waals surface area contributed by atoms with E-state index in [4.69, 9.17) is 17.3 Å². The molecule has 3 rings (SSSR count). The summed E-state index contributed by atoms with van der Waals surface area (Å²) >= 11 is 5.81. The maximum absolute atomic E-state index is 12.3. The van der Waals surface area contributed by atoms with E-state index in [0.717, 1.165) is 5.56 Å². The second kappa shape index (κ2) is 4.65. The lowest BCUT2D eigenvalue weighted by atomic mass is 10.1. The van der Waals surface area contributed by atoms with Crippen LogP contribution in [0.2, 0.25) is 5.02 Å². The molecular weight excluding hydrogens is 276 g/mol. The van der Waals surface area contributed by atoms with Crippen molar-refractivity contribution in [2.75, 3.05) is 5.73 Å². The minimum atomic E-state index is -0.313. The summed E-state index contributed by atoms with van der Waals surface area (Å²) in [7, 11) is 0. The Balaban J connectivity index is 1.91. The van der Waals surface area contributed by atoms with E-state index in [2.05, 4.69) is 0 Å². The van der Waals surface area contributed by atoms with Crippen molar-refractivity contribution in [1.82, 2.24) is 4.90 Å². The van der Waals surface area contributed by atoms with Crippen molar-refractivity contribution in [3.63, 3.8) is 0 Å². The van der Waals surface area contributed by atoms with Gasteiger partial charge in [0.15, 0.2) is 0 Å². The summed E-state index contributed by atoms with van der Waals surface area (Å²) < 4.78 is 0. The monoisotopic (exact) mass is 286 g/mol. The van der Waals surface area contributed by atoms with Crippen molar-refractivity contribution in [3.05, 3.63) is 64.2 Å². The summed E-state index contributed by atoms with van der Waals surface area (Å²) in [4.78, 5) is 25.7. The van der Waals surface area contributed by atoms with Gasteiger partial charge >= 0.3 is 0 Å². The fourth-order valence-corrected chi connectivity index (χ4v) is 2.35. The molecule has 4 nitrogen and oxygen atoms in total. The van der Waals surface area contributed by atoms with Gasteiger partial charge in [0.2, 0.25) is 0 Å². The summed E-state index contributed by atoms with van der Waals surface area (Å²) in [6.07, 6.45) is 0. The van der Waals surface area contributed by atoms with Crippen molar-refractivity contribution in [2.45, 2.75) is 6.54 Å². The van der Waals surface area contributed by atoms with Gasteiger partial charge in [-0.05, 0) is 35.9 Å². The Morgan fingerprint density at radius 1 is 0.950 bits per heavy atom. The molecule has 0 bridgehead atoms. The molecule has 0 unspecified atom stereocenters. The maximum atomic E-state index is 12.3. The van der Waals surface area contributed by atoms with Crippen LogP contribution in [-0.4, -0.2) is 16.7 Å². The van der Waals surface area contributed by atoms with Crippen molar-refractivity contribution in [3.8, 4) is 0 Å². The van der Waals surface area contributed by atoms with Crippen molar-refractivity contribution in [1.29, 1.82) is 0 Å². The third-order valence-electron chi connectivity index (χ3n) is 3.25. The Morgan fingerprint density at radius 2 is 1.60 bits per heavy atom. The van der Waals surface area contributed by atoms with Gasteiger partial charge in [0, 0.05) is 10.7 Å². The summed E-state index contributed by atoms with van der Waals surface area (Å²) in [6.45, 7) is 0.226. The summed E-state index contributed by atoms with van der Waals surface area (Å²) in [5, 5.41) is 0.615. The van der Waals surface area contributed by atoms with Gasteiger partial charge in [0.1, 0.15) is 0 Å². The average Bonchev–Trinajstić information content (AvgIpc) is 2.66. The number of rotatable bonds is 2. The molecule has 2 amide bonds. The van der Waals surface area contributed by atoms with E-state index in [1.807, 2.05) is 0 Å². The summed E-state index contributed by atoms with van der Waals surface area (Å²) in [5.41, 5.74) is 7.74. The molecule has 1 aliphatic heterocycles. The van der Waals surface area contributed by atoms with Crippen LogP contribution in [0.5, 0.6) is 0 Å². The SMILES string of the molecule is Nc1ccc2c(c1)C(=O)N(Cc1ccc(Cl)cc1)C2=O. The first-order valence-electron chi connectivity index (χ1n) is 6.06. The normalized spacial score (nSPS) is 13.8. The Bertz CT molecular complexity index is 710. The van der Waals surface area contributed by atoms with E-state index in [-0.39, 0.29) is 18.4 Å². The van der Waals surface area contributed by atoms with Gasteiger partial charge in [-0.15, -0.1) is 0 Å². The lowest BCUT2D eigenvalue weighted by Gasteiger charge is -2.13. The second-order valence-corrected chi connectivity index (χ2v) is 5.06. The molecule has 2 aromatic carbocycles. The van der Waals surface area contributed by atoms with Gasteiger partial charge in [0.05, 0.1) is 17.7 Å². The number of nitrogens with two attached hydrogens (primary N) is 1. The lowest BCUT2D eigenvalue weighted by molar-refractivity contribution is 0.0642. The van der Waals surface area contributed by atoms with Crippen LogP contribution >= 0.6 is 11.6 Å². The number of hydrogen-bond acceptors (Lipinski definition) is 3. The van der Waals surface area contributed by atoms with Crippen LogP contribution in [0, 0.1) is 0 Å². The third-order valence-corrected chi connectivity index (χ3v) is 3.50. The van der Waals surface area contributed by atoms with E-state index >= 15 is 0 Å². The number of nitrogen functional groups attached to an aromatic ring is 1. The number of halogens is 1. The van der Waals surface area contributed by atoms with Crippen LogP contribution in [0.4, 0.5) is 5.69 Å². The molecule has 1 aliphatic rings.